The summed E-state index contributed by atoms with van der Waals surface area (Å²) in [5.74, 6) is 0. The molecule has 0 radical (unpaired) electrons. The van der Waals surface area contributed by atoms with Crippen molar-refractivity contribution < 1.29 is 0 Å². The van der Waals surface area contributed by atoms with Crippen LogP contribution in [0.1, 0.15) is 13.8 Å². The van der Waals surface area contributed by atoms with Crippen molar-refractivity contribution in [1.82, 2.24) is 0 Å². The van der Waals surface area contributed by atoms with Gasteiger partial charge in [0.05, 0.1) is 10.0 Å². The molecule has 2 nitrogen and oxygen atoms in total. The number of nitrogens with one attached hydrogen (secondary N) is 1. The fraction of sp³-hybridized carbons (Fsp3) is 0.200. The van der Waals surface area contributed by atoms with E-state index in [1.165, 1.54) is 0 Å². The molecule has 0 aliphatic carbocycles. The lowest BCUT2D eigenvalue weighted by Gasteiger charge is -2.10. The van der Waals surface area contributed by atoms with Gasteiger partial charge in [0.1, 0.15) is 0 Å². The van der Waals surface area contributed by atoms with Gasteiger partial charge in [-0.3, -0.25) is 0 Å². The largest absolute Gasteiger partial charge is 0.399 e. The van der Waals surface area contributed by atoms with E-state index in [9.17, 15) is 0 Å². The molecule has 2 rings (SSSR count). The molecule has 0 bridgehead atoms. The first kappa shape index (κ1) is 18.6. The maximum absolute atomic E-state index is 5.84. The zero-order chi connectivity index (χ0) is 16.0. The monoisotopic (exact) mass is 452 g/mol. The number of halogens is 4. The average Bonchev–Trinajstić information content (AvgIpc) is 2.39. The van der Waals surface area contributed by atoms with Crippen LogP contribution in [0, 0.1) is 0 Å². The summed E-state index contributed by atoms with van der Waals surface area (Å²) < 4.78 is 1.76. The Bertz CT molecular complexity index is 604. The highest BCUT2D eigenvalue weighted by atomic mass is 79.9. The van der Waals surface area contributed by atoms with Gasteiger partial charge < -0.3 is 11.1 Å². The maximum atomic E-state index is 5.84. The van der Waals surface area contributed by atoms with Gasteiger partial charge in [-0.2, -0.15) is 0 Å². The van der Waals surface area contributed by atoms with Crippen LogP contribution in [0.2, 0.25) is 10.0 Å². The first-order valence-corrected chi connectivity index (χ1v) is 8.56. The van der Waals surface area contributed by atoms with E-state index in [0.29, 0.717) is 16.8 Å². The summed E-state index contributed by atoms with van der Waals surface area (Å²) in [5, 5.41) is 4.71. The van der Waals surface area contributed by atoms with E-state index >= 15 is 0 Å². The van der Waals surface area contributed by atoms with Crippen LogP contribution in [-0.4, -0.2) is 6.04 Å². The molecular weight excluding hydrogens is 439 g/mol. The molecule has 0 atom stereocenters. The molecular formula is C15H16Br2Cl2N2. The van der Waals surface area contributed by atoms with E-state index in [4.69, 9.17) is 28.9 Å². The van der Waals surface area contributed by atoms with Crippen LogP contribution < -0.4 is 11.1 Å². The van der Waals surface area contributed by atoms with Crippen molar-refractivity contribution in [3.63, 3.8) is 0 Å². The predicted molar refractivity (Wildman–Crippen MR) is 101 cm³/mol. The fourth-order valence-corrected chi connectivity index (χ4v) is 2.44. The molecule has 6 heteroatoms. The Hall–Kier alpha value is -0.420. The zero-order valence-corrected chi connectivity index (χ0v) is 16.3. The third-order valence-corrected chi connectivity index (χ3v) is 4.75. The molecule has 114 valence electrons. The van der Waals surface area contributed by atoms with Gasteiger partial charge in [-0.15, -0.1) is 0 Å². The molecule has 2 aromatic carbocycles. The molecule has 0 aromatic heterocycles. The molecule has 0 aliphatic rings. The lowest BCUT2D eigenvalue weighted by Crippen LogP contribution is -2.09. The van der Waals surface area contributed by atoms with Gasteiger partial charge in [-0.1, -0.05) is 23.2 Å². The van der Waals surface area contributed by atoms with Crippen molar-refractivity contribution in [2.45, 2.75) is 19.9 Å². The third-order valence-electron chi connectivity index (χ3n) is 2.32. The summed E-state index contributed by atoms with van der Waals surface area (Å²) >= 11 is 18.1. The first-order chi connectivity index (χ1) is 9.79. The Morgan fingerprint density at radius 3 is 1.90 bits per heavy atom. The van der Waals surface area contributed by atoms with Crippen molar-refractivity contribution in [3.8, 4) is 0 Å². The van der Waals surface area contributed by atoms with Crippen LogP contribution >= 0.6 is 55.1 Å². The molecule has 0 fully saturated rings. The smallest absolute Gasteiger partial charge is 0.0549 e. The quantitative estimate of drug-likeness (QED) is 0.501. The lowest BCUT2D eigenvalue weighted by atomic mass is 10.3. The Balaban J connectivity index is 0.000000219. The minimum Gasteiger partial charge on any atom is -0.399 e. The minimum absolute atomic E-state index is 0.443. The van der Waals surface area contributed by atoms with E-state index in [-0.39, 0.29) is 0 Å². The Kier molecular flexibility index (Phi) is 7.88. The predicted octanol–water partition coefficient (Wildman–Crippen LogP) is 6.61. The number of nitrogens with two attached hydrogens (primary N) is 1. The molecule has 0 saturated carbocycles. The molecule has 0 heterocycles. The summed E-state index contributed by atoms with van der Waals surface area (Å²) in [4.78, 5) is 0. The summed E-state index contributed by atoms with van der Waals surface area (Å²) in [5.41, 5.74) is 7.24. The normalized spacial score (nSPS) is 10.0. The Morgan fingerprint density at radius 1 is 0.952 bits per heavy atom. The second-order valence-electron chi connectivity index (χ2n) is 4.60. The minimum atomic E-state index is 0.443. The highest BCUT2D eigenvalue weighted by Gasteiger charge is 1.99. The standard InChI is InChI=1S/C9H11BrClN.C6H5BrClN/c1-6(2)12-7-3-4-9(11)8(10)5-7;7-5-3-4(9)1-2-6(5)8/h3-6,12H,1-2H3;1-3H,9H2. The van der Waals surface area contributed by atoms with Crippen LogP contribution in [0.25, 0.3) is 0 Å². The molecule has 21 heavy (non-hydrogen) atoms. The van der Waals surface area contributed by atoms with Gasteiger partial charge in [0, 0.05) is 26.4 Å². The van der Waals surface area contributed by atoms with Crippen molar-refractivity contribution in [1.29, 1.82) is 0 Å². The second kappa shape index (κ2) is 8.89. The van der Waals surface area contributed by atoms with Crippen molar-refractivity contribution in [2.75, 3.05) is 11.1 Å². The molecule has 3 N–H and O–H groups in total. The van der Waals surface area contributed by atoms with Crippen LogP contribution in [-0.2, 0) is 0 Å². The van der Waals surface area contributed by atoms with Gasteiger partial charge in [-0.05, 0) is 82.1 Å². The Labute approximate surface area is 152 Å². The van der Waals surface area contributed by atoms with Crippen molar-refractivity contribution in [3.05, 3.63) is 55.4 Å². The third kappa shape index (κ3) is 6.92. The van der Waals surface area contributed by atoms with E-state index in [1.807, 2.05) is 18.2 Å². The maximum Gasteiger partial charge on any atom is 0.0549 e. The van der Waals surface area contributed by atoms with Crippen LogP contribution in [0.15, 0.2) is 45.3 Å². The highest BCUT2D eigenvalue weighted by molar-refractivity contribution is 9.10. The van der Waals surface area contributed by atoms with Crippen LogP contribution in [0.5, 0.6) is 0 Å². The molecule has 0 saturated heterocycles. The van der Waals surface area contributed by atoms with Crippen molar-refractivity contribution >= 4 is 66.4 Å². The summed E-state index contributed by atoms with van der Waals surface area (Å²) in [6, 6.07) is 11.5. The van der Waals surface area contributed by atoms with E-state index in [1.54, 1.807) is 18.2 Å². The first-order valence-electron chi connectivity index (χ1n) is 6.21. The van der Waals surface area contributed by atoms with Gasteiger partial charge >= 0.3 is 0 Å². The molecule has 0 spiro atoms. The van der Waals surface area contributed by atoms with Gasteiger partial charge in [0.25, 0.3) is 0 Å². The zero-order valence-electron chi connectivity index (χ0n) is 11.6. The van der Waals surface area contributed by atoms with E-state index < -0.39 is 0 Å². The number of rotatable bonds is 2. The van der Waals surface area contributed by atoms with Gasteiger partial charge in [0.2, 0.25) is 0 Å². The topological polar surface area (TPSA) is 38.0 Å². The lowest BCUT2D eigenvalue weighted by molar-refractivity contribution is 0.899. The molecule has 0 amide bonds. The highest BCUT2D eigenvalue weighted by Crippen LogP contribution is 2.25. The average molecular weight is 455 g/mol. The number of hydrogen-bond donors (Lipinski definition) is 2. The number of benzene rings is 2. The number of nitrogen functional groups attached to an aromatic ring is 1. The van der Waals surface area contributed by atoms with Crippen molar-refractivity contribution in [2.24, 2.45) is 0 Å². The molecule has 2 aromatic rings. The van der Waals surface area contributed by atoms with Crippen LogP contribution in [0.4, 0.5) is 11.4 Å². The van der Waals surface area contributed by atoms with Gasteiger partial charge in [-0.25, -0.2) is 0 Å². The SMILES string of the molecule is CC(C)Nc1ccc(Cl)c(Br)c1.Nc1ccc(Cl)c(Br)c1. The summed E-state index contributed by atoms with van der Waals surface area (Å²) in [7, 11) is 0. The number of anilines is 2. The second-order valence-corrected chi connectivity index (χ2v) is 7.12. The molecule has 0 unspecified atom stereocenters. The van der Waals surface area contributed by atoms with E-state index in [0.717, 1.165) is 19.7 Å². The molecule has 0 aliphatic heterocycles. The van der Waals surface area contributed by atoms with Gasteiger partial charge in [0.15, 0.2) is 0 Å². The number of hydrogen-bond acceptors (Lipinski definition) is 2. The van der Waals surface area contributed by atoms with Crippen LogP contribution in [0.3, 0.4) is 0 Å². The van der Waals surface area contributed by atoms with E-state index in [2.05, 4.69) is 51.0 Å². The summed E-state index contributed by atoms with van der Waals surface area (Å²) in [6.45, 7) is 4.20. The summed E-state index contributed by atoms with van der Waals surface area (Å²) in [6.07, 6.45) is 0. The fourth-order valence-electron chi connectivity index (χ4n) is 1.43. The Morgan fingerprint density at radius 2 is 1.48 bits per heavy atom.